The molecule has 3 aromatic rings. The number of hydrazine groups is 2. The molecule has 0 amide bonds. The normalized spacial score (nSPS) is 16.9. The summed E-state index contributed by atoms with van der Waals surface area (Å²) in [6.07, 6.45) is 13.6. The van der Waals surface area contributed by atoms with Crippen LogP contribution in [0.2, 0.25) is 15.1 Å². The molecule has 1 aromatic heterocycles. The van der Waals surface area contributed by atoms with E-state index < -0.39 is 0 Å². The maximum absolute atomic E-state index is 9.98. The van der Waals surface area contributed by atoms with Crippen molar-refractivity contribution in [3.63, 3.8) is 0 Å². The molecule has 3 heterocycles. The summed E-state index contributed by atoms with van der Waals surface area (Å²) in [6, 6.07) is 11.3. The Morgan fingerprint density at radius 2 is 1.91 bits per heavy atom. The van der Waals surface area contributed by atoms with Crippen LogP contribution in [0.5, 0.6) is 0 Å². The highest BCUT2D eigenvalue weighted by Crippen LogP contribution is 2.38. The van der Waals surface area contributed by atoms with E-state index in [0.717, 1.165) is 42.9 Å². The molecule has 0 aliphatic carbocycles. The van der Waals surface area contributed by atoms with E-state index in [9.17, 15) is 5.26 Å². The Balaban J connectivity index is 1.48. The Bertz CT molecular complexity index is 1740. The first-order chi connectivity index (χ1) is 22.0. The predicted molar refractivity (Wildman–Crippen MR) is 192 cm³/mol. The maximum Gasteiger partial charge on any atom is 0.103 e. The van der Waals surface area contributed by atoms with Gasteiger partial charge < -0.3 is 16.1 Å². The van der Waals surface area contributed by atoms with Crippen LogP contribution in [0.1, 0.15) is 46.1 Å². The number of allylic oxidation sites excluding steroid dienone is 3. The minimum atomic E-state index is -0.326. The lowest BCUT2D eigenvalue weighted by Crippen LogP contribution is -2.52. The lowest BCUT2D eigenvalue weighted by molar-refractivity contribution is 0.0570. The molecule has 4 N–H and O–H groups in total. The highest BCUT2D eigenvalue weighted by Gasteiger charge is 2.32. The molecular weight excluding hydrogens is 639 g/mol. The van der Waals surface area contributed by atoms with Crippen LogP contribution >= 0.6 is 34.8 Å². The first-order valence-corrected chi connectivity index (χ1v) is 16.4. The van der Waals surface area contributed by atoms with Crippen molar-refractivity contribution in [3.8, 4) is 6.07 Å². The van der Waals surface area contributed by atoms with Crippen LogP contribution in [-0.2, 0) is 0 Å². The molecule has 0 saturated carbocycles. The van der Waals surface area contributed by atoms with Gasteiger partial charge in [-0.3, -0.25) is 14.9 Å². The lowest BCUT2D eigenvalue weighted by atomic mass is 9.98. The first-order valence-electron chi connectivity index (χ1n) is 15.2. The number of fused-ring (bicyclic) bond motifs is 1. The average Bonchev–Trinajstić information content (AvgIpc) is 3.52. The fourth-order valence-corrected chi connectivity index (χ4v) is 6.34. The number of aromatic nitrogens is 1. The third kappa shape index (κ3) is 7.46. The second-order valence-corrected chi connectivity index (χ2v) is 13.6. The van der Waals surface area contributed by atoms with Crippen LogP contribution in [0.25, 0.3) is 10.9 Å². The zero-order valence-electron chi connectivity index (χ0n) is 26.5. The molecule has 2 aromatic carbocycles. The summed E-state index contributed by atoms with van der Waals surface area (Å²) in [4.78, 5) is 7.03. The Kier molecular flexibility index (Phi) is 10.5. The molecule has 2 aliphatic rings. The second kappa shape index (κ2) is 14.4. The SMILES string of the molecule is C=C(/C=C\C=C/C)[C@H](Nc1cc(Cl)c2ncc(C#N)c(Nc3cccc(Cl)c3Cl)c2c1)C1=CN(C2CCN(C(C)(C)C)CC2)NN1. The minimum Gasteiger partial charge on any atom is -0.373 e. The van der Waals surface area contributed by atoms with Gasteiger partial charge in [0.1, 0.15) is 6.07 Å². The van der Waals surface area contributed by atoms with Crippen LogP contribution in [0.3, 0.4) is 0 Å². The van der Waals surface area contributed by atoms with E-state index in [2.05, 4.69) is 76.1 Å². The number of pyridine rings is 1. The number of halogens is 3. The monoisotopic (exact) mass is 676 g/mol. The van der Waals surface area contributed by atoms with Gasteiger partial charge in [0.05, 0.1) is 49.3 Å². The van der Waals surface area contributed by atoms with Crippen molar-refractivity contribution in [3.05, 3.63) is 106 Å². The smallest absolute Gasteiger partial charge is 0.103 e. The lowest BCUT2D eigenvalue weighted by Gasteiger charge is -2.42. The zero-order valence-corrected chi connectivity index (χ0v) is 28.7. The van der Waals surface area contributed by atoms with Crippen LogP contribution < -0.4 is 21.6 Å². The summed E-state index contributed by atoms with van der Waals surface area (Å²) in [5, 5.41) is 20.9. The van der Waals surface area contributed by atoms with Crippen molar-refractivity contribution in [2.75, 3.05) is 23.7 Å². The van der Waals surface area contributed by atoms with Crippen LogP contribution in [0.4, 0.5) is 17.1 Å². The summed E-state index contributed by atoms with van der Waals surface area (Å²) >= 11 is 19.6. The number of anilines is 3. The molecule has 1 saturated heterocycles. The fraction of sp³-hybridized carbons (Fsp3) is 0.314. The van der Waals surface area contributed by atoms with Gasteiger partial charge in [-0.1, -0.05) is 71.8 Å². The molecule has 11 heteroatoms. The van der Waals surface area contributed by atoms with Gasteiger partial charge in [0.25, 0.3) is 0 Å². The fourth-order valence-electron chi connectivity index (χ4n) is 5.72. The van der Waals surface area contributed by atoms with E-state index in [0.29, 0.717) is 49.0 Å². The number of nitrogens with one attached hydrogen (secondary N) is 4. The standard InChI is InChI=1S/C35H39Cl3N8/c1-6-7-8-10-22(2)32(30-21-46(44-43-30)25-13-15-45(16-14-25)35(3,4)5)41-24-17-26-33(42-29-12-9-11-27(36)31(29)38)23(19-39)20-40-34(26)28(37)18-24/h6-12,17-18,20-21,25,32,41,43-44H,2,13-16H2,1,3-5H3,(H,40,42)/b7-6-,10-8-/t32-/m0/s1. The topological polar surface area (TPSA) is 91.3 Å². The van der Waals surface area contributed by atoms with Crippen LogP contribution in [-0.4, -0.2) is 45.6 Å². The number of benzene rings is 2. The Morgan fingerprint density at radius 3 is 2.61 bits per heavy atom. The van der Waals surface area contributed by atoms with E-state index in [1.807, 2.05) is 43.4 Å². The molecule has 2 aliphatic heterocycles. The van der Waals surface area contributed by atoms with E-state index in [-0.39, 0.29) is 11.6 Å². The van der Waals surface area contributed by atoms with Crippen molar-refractivity contribution in [1.82, 2.24) is 25.9 Å². The summed E-state index contributed by atoms with van der Waals surface area (Å²) < 4.78 is 0. The second-order valence-electron chi connectivity index (χ2n) is 12.4. The number of likely N-dealkylation sites (tertiary alicyclic amines) is 1. The van der Waals surface area contributed by atoms with Crippen molar-refractivity contribution in [2.24, 2.45) is 0 Å². The summed E-state index contributed by atoms with van der Waals surface area (Å²) in [7, 11) is 0. The molecule has 8 nitrogen and oxygen atoms in total. The molecule has 0 radical (unpaired) electrons. The Hall–Kier alpha value is -3.71. The molecule has 46 heavy (non-hydrogen) atoms. The van der Waals surface area contributed by atoms with Gasteiger partial charge in [-0.25, -0.2) is 0 Å². The van der Waals surface area contributed by atoms with Gasteiger partial charge in [0, 0.05) is 48.1 Å². The molecule has 5 rings (SSSR count). The first kappa shape index (κ1) is 33.6. The van der Waals surface area contributed by atoms with Crippen molar-refractivity contribution in [2.45, 2.75) is 58.2 Å². The third-order valence-corrected chi connectivity index (χ3v) is 9.38. The van der Waals surface area contributed by atoms with Crippen molar-refractivity contribution >= 4 is 62.8 Å². The summed E-state index contributed by atoms with van der Waals surface area (Å²) in [6.45, 7) is 15.3. The highest BCUT2D eigenvalue weighted by atomic mass is 35.5. The van der Waals surface area contributed by atoms with E-state index in [1.165, 1.54) is 6.20 Å². The number of nitriles is 1. The molecular formula is C35H39Cl3N8. The minimum absolute atomic E-state index is 0.162. The summed E-state index contributed by atoms with van der Waals surface area (Å²) in [5.74, 6) is 0. The van der Waals surface area contributed by atoms with E-state index in [1.54, 1.807) is 18.2 Å². The molecule has 0 bridgehead atoms. The molecule has 0 unspecified atom stereocenters. The zero-order chi connectivity index (χ0) is 33.0. The molecule has 1 fully saturated rings. The molecule has 240 valence electrons. The van der Waals surface area contributed by atoms with Crippen molar-refractivity contribution < 1.29 is 0 Å². The highest BCUT2D eigenvalue weighted by molar-refractivity contribution is 6.43. The van der Waals surface area contributed by atoms with Crippen LogP contribution in [0.15, 0.2) is 84.9 Å². The van der Waals surface area contributed by atoms with Gasteiger partial charge in [-0.15, -0.1) is 5.53 Å². The van der Waals surface area contributed by atoms with Crippen molar-refractivity contribution in [1.29, 1.82) is 5.26 Å². The number of nitrogens with zero attached hydrogens (tertiary/aromatic N) is 4. The van der Waals surface area contributed by atoms with Gasteiger partial charge in [0.2, 0.25) is 0 Å². The van der Waals surface area contributed by atoms with Crippen LogP contribution in [0, 0.1) is 11.3 Å². The van der Waals surface area contributed by atoms with Gasteiger partial charge >= 0.3 is 0 Å². The average molecular weight is 678 g/mol. The number of piperidine rings is 1. The number of hydrogen-bond acceptors (Lipinski definition) is 8. The van der Waals surface area contributed by atoms with Gasteiger partial charge in [-0.2, -0.15) is 5.26 Å². The summed E-state index contributed by atoms with van der Waals surface area (Å²) in [5.41, 5.74) is 11.4. The van der Waals surface area contributed by atoms with Gasteiger partial charge in [-0.05, 0) is 70.4 Å². The third-order valence-electron chi connectivity index (χ3n) is 8.28. The molecule has 0 spiro atoms. The van der Waals surface area contributed by atoms with Gasteiger partial charge in [0.15, 0.2) is 0 Å². The number of hydrogen-bond donors (Lipinski definition) is 4. The Morgan fingerprint density at radius 1 is 1.15 bits per heavy atom. The number of rotatable bonds is 9. The largest absolute Gasteiger partial charge is 0.373 e. The Labute approximate surface area is 286 Å². The molecule has 1 atom stereocenters. The van der Waals surface area contributed by atoms with E-state index in [4.69, 9.17) is 34.8 Å². The quantitative estimate of drug-likeness (QED) is 0.167. The predicted octanol–water partition coefficient (Wildman–Crippen LogP) is 8.71. The van der Waals surface area contributed by atoms with E-state index >= 15 is 0 Å². The maximum atomic E-state index is 9.98.